The van der Waals surface area contributed by atoms with Crippen LogP contribution in [0, 0.1) is 32.1 Å². The Kier molecular flexibility index (Phi) is 6.43. The van der Waals surface area contributed by atoms with Crippen molar-refractivity contribution < 1.29 is 29.0 Å². The van der Waals surface area contributed by atoms with E-state index in [4.69, 9.17) is 0 Å². The lowest BCUT2D eigenvalue weighted by molar-refractivity contribution is -0.385. The summed E-state index contributed by atoms with van der Waals surface area (Å²) in [6.07, 6.45) is 2.42. The van der Waals surface area contributed by atoms with Crippen molar-refractivity contribution >= 4 is 34.9 Å². The Morgan fingerprint density at radius 3 is 2.39 bits per heavy atom. The highest BCUT2D eigenvalue weighted by Gasteiger charge is 2.52. The van der Waals surface area contributed by atoms with Gasteiger partial charge in [-0.2, -0.15) is 5.01 Å². The Hall–Kier alpha value is -4.74. The summed E-state index contributed by atoms with van der Waals surface area (Å²) in [6, 6.07) is 9.75. The van der Waals surface area contributed by atoms with Crippen LogP contribution in [0.15, 0.2) is 60.2 Å². The molecule has 1 heterocycles. The fourth-order valence-electron chi connectivity index (χ4n) is 4.46. The molecule has 2 aliphatic rings. The highest BCUT2D eigenvalue weighted by Crippen LogP contribution is 2.39. The molecule has 1 aliphatic heterocycles. The van der Waals surface area contributed by atoms with Crippen LogP contribution in [0.25, 0.3) is 0 Å². The maximum Gasteiger partial charge on any atom is 0.282 e. The van der Waals surface area contributed by atoms with Crippen LogP contribution in [0.3, 0.4) is 0 Å². The van der Waals surface area contributed by atoms with Crippen LogP contribution >= 0.6 is 0 Å². The molecule has 12 heteroatoms. The number of carbonyl (C=O) groups is 4. The molecule has 0 N–H and O–H groups in total. The maximum atomic E-state index is 13.6. The molecule has 0 unspecified atom stereocenters. The zero-order valence-corrected chi connectivity index (χ0v) is 19.0. The summed E-state index contributed by atoms with van der Waals surface area (Å²) < 4.78 is 0. The molecule has 184 valence electrons. The van der Waals surface area contributed by atoms with Gasteiger partial charge in [0.05, 0.1) is 21.7 Å². The van der Waals surface area contributed by atoms with Gasteiger partial charge in [-0.1, -0.05) is 35.9 Å². The van der Waals surface area contributed by atoms with Gasteiger partial charge < -0.3 is 0 Å². The van der Waals surface area contributed by atoms with Gasteiger partial charge in [0.2, 0.25) is 0 Å². The molecule has 3 amide bonds. The number of fused-ring (bicyclic) bond motifs is 1. The number of nitro groups is 2. The first kappa shape index (κ1) is 24.4. The minimum Gasteiger partial charge on any atom is -0.292 e. The number of carbonyl (C=O) groups excluding carboxylic acids is 4. The van der Waals surface area contributed by atoms with Crippen LogP contribution in [-0.4, -0.2) is 49.9 Å². The van der Waals surface area contributed by atoms with E-state index < -0.39 is 63.0 Å². The van der Waals surface area contributed by atoms with E-state index in [1.54, 1.807) is 0 Å². The highest BCUT2D eigenvalue weighted by atomic mass is 16.6. The number of non-ortho nitro benzene ring substituents is 1. The number of nitro benzene ring substituents is 2. The van der Waals surface area contributed by atoms with Crippen molar-refractivity contribution in [3.05, 3.63) is 91.5 Å². The third kappa shape index (κ3) is 4.35. The summed E-state index contributed by atoms with van der Waals surface area (Å²) in [5, 5.41) is 23.9. The molecule has 0 aromatic heterocycles. The van der Waals surface area contributed by atoms with Gasteiger partial charge in [-0.3, -0.25) is 39.4 Å². The number of rotatable bonds is 7. The quantitative estimate of drug-likeness (QED) is 0.187. The van der Waals surface area contributed by atoms with E-state index in [-0.39, 0.29) is 17.7 Å². The van der Waals surface area contributed by atoms with Gasteiger partial charge in [0, 0.05) is 23.8 Å². The summed E-state index contributed by atoms with van der Waals surface area (Å²) in [5.41, 5.74) is -0.566. The Morgan fingerprint density at radius 1 is 1.00 bits per heavy atom. The maximum absolute atomic E-state index is 13.6. The van der Waals surface area contributed by atoms with Crippen LogP contribution in [0.4, 0.5) is 11.4 Å². The van der Waals surface area contributed by atoms with E-state index in [1.165, 1.54) is 30.3 Å². The van der Waals surface area contributed by atoms with Gasteiger partial charge in [-0.25, -0.2) is 5.01 Å². The molecule has 2 aromatic rings. The van der Waals surface area contributed by atoms with Crippen molar-refractivity contribution in [2.24, 2.45) is 11.8 Å². The fourth-order valence-corrected chi connectivity index (χ4v) is 4.46. The van der Waals surface area contributed by atoms with Crippen LogP contribution in [0.2, 0.25) is 0 Å². The normalized spacial score (nSPS) is 18.9. The van der Waals surface area contributed by atoms with Crippen molar-refractivity contribution in [3.8, 4) is 0 Å². The monoisotopic (exact) mass is 492 g/mol. The number of benzene rings is 2. The standard InChI is InChI=1S/C24H20N4O8/c1-14-9-10-17-19(11-14)24(32)26(23(17)31)25(22(30)18-7-2-3-8-20(18)28(35)36)13-21(29)15-5-4-6-16(12-15)27(33)34/h2-9,12,17,19H,10-11,13H2,1H3/t17-,19-/m1/s1. The van der Waals surface area contributed by atoms with Crippen molar-refractivity contribution in [2.45, 2.75) is 19.8 Å². The third-order valence-corrected chi connectivity index (χ3v) is 6.28. The van der Waals surface area contributed by atoms with Gasteiger partial charge in [-0.15, -0.1) is 0 Å². The topological polar surface area (TPSA) is 161 Å². The Morgan fingerprint density at radius 2 is 1.69 bits per heavy atom. The Bertz CT molecular complexity index is 1350. The Balaban J connectivity index is 1.75. The summed E-state index contributed by atoms with van der Waals surface area (Å²) in [4.78, 5) is 74.4. The van der Waals surface area contributed by atoms with E-state index in [9.17, 15) is 39.4 Å². The third-order valence-electron chi connectivity index (χ3n) is 6.28. The highest BCUT2D eigenvalue weighted by molar-refractivity contribution is 6.10. The van der Waals surface area contributed by atoms with Gasteiger partial charge in [0.25, 0.3) is 29.1 Å². The van der Waals surface area contributed by atoms with E-state index in [2.05, 4.69) is 0 Å². The predicted octanol–water partition coefficient (Wildman–Crippen LogP) is 3.08. The molecule has 12 nitrogen and oxygen atoms in total. The summed E-state index contributed by atoms with van der Waals surface area (Å²) in [7, 11) is 0. The summed E-state index contributed by atoms with van der Waals surface area (Å²) in [6.45, 7) is 0.980. The number of allylic oxidation sites excluding steroid dienone is 2. The van der Waals surface area contributed by atoms with Crippen molar-refractivity contribution in [1.82, 2.24) is 10.0 Å². The second-order valence-corrected chi connectivity index (χ2v) is 8.56. The lowest BCUT2D eigenvalue weighted by Crippen LogP contribution is -2.52. The number of hydrogen-bond acceptors (Lipinski definition) is 8. The van der Waals surface area contributed by atoms with Crippen molar-refractivity contribution in [3.63, 3.8) is 0 Å². The number of para-hydroxylation sites is 1. The smallest absolute Gasteiger partial charge is 0.282 e. The van der Waals surface area contributed by atoms with E-state index >= 15 is 0 Å². The van der Waals surface area contributed by atoms with Gasteiger partial charge >= 0.3 is 0 Å². The first-order chi connectivity index (χ1) is 17.1. The summed E-state index contributed by atoms with van der Waals surface area (Å²) >= 11 is 0. The number of imide groups is 1. The molecule has 4 rings (SSSR count). The number of amides is 3. The lowest BCUT2D eigenvalue weighted by atomic mass is 9.82. The summed E-state index contributed by atoms with van der Waals surface area (Å²) in [5.74, 6) is -4.71. The zero-order chi connectivity index (χ0) is 26.1. The first-order valence-corrected chi connectivity index (χ1v) is 11.0. The molecule has 0 radical (unpaired) electrons. The number of hydrazine groups is 1. The number of Topliss-reactive ketones (excluding diaryl/α,β-unsaturated/α-hetero) is 1. The van der Waals surface area contributed by atoms with E-state index in [0.29, 0.717) is 16.4 Å². The van der Waals surface area contributed by atoms with E-state index in [1.807, 2.05) is 13.0 Å². The van der Waals surface area contributed by atoms with Gasteiger partial charge in [0.1, 0.15) is 12.1 Å². The molecule has 1 saturated heterocycles. The fraction of sp³-hybridized carbons (Fsp3) is 0.250. The second kappa shape index (κ2) is 9.49. The SMILES string of the molecule is CC1=CC[C@H]2C(=O)N(N(CC(=O)c3cccc([N+](=O)[O-])c3)C(=O)c3ccccc3[N+](=O)[O-])C(=O)[C@@H]2C1. The number of ketones is 1. The van der Waals surface area contributed by atoms with E-state index in [0.717, 1.165) is 23.8 Å². The lowest BCUT2D eigenvalue weighted by Gasteiger charge is -2.30. The van der Waals surface area contributed by atoms with Crippen molar-refractivity contribution in [1.29, 1.82) is 0 Å². The molecule has 2 atom stereocenters. The van der Waals surface area contributed by atoms with Crippen LogP contribution < -0.4 is 0 Å². The van der Waals surface area contributed by atoms with Crippen LogP contribution in [0.5, 0.6) is 0 Å². The second-order valence-electron chi connectivity index (χ2n) is 8.56. The van der Waals surface area contributed by atoms with Crippen LogP contribution in [-0.2, 0) is 9.59 Å². The van der Waals surface area contributed by atoms with Crippen molar-refractivity contribution in [2.75, 3.05) is 6.54 Å². The largest absolute Gasteiger partial charge is 0.292 e. The van der Waals surface area contributed by atoms with Crippen LogP contribution in [0.1, 0.15) is 40.5 Å². The minimum absolute atomic E-state index is 0.126. The molecule has 1 fully saturated rings. The molecular formula is C24H20N4O8. The predicted molar refractivity (Wildman–Crippen MR) is 123 cm³/mol. The van der Waals surface area contributed by atoms with Gasteiger partial charge in [0.15, 0.2) is 5.78 Å². The molecular weight excluding hydrogens is 472 g/mol. The minimum atomic E-state index is -1.09. The zero-order valence-electron chi connectivity index (χ0n) is 19.0. The number of nitrogens with zero attached hydrogens (tertiary/aromatic N) is 4. The number of hydrogen-bond donors (Lipinski definition) is 0. The molecule has 0 bridgehead atoms. The van der Waals surface area contributed by atoms with Gasteiger partial charge in [-0.05, 0) is 25.8 Å². The Labute approximate surface area is 204 Å². The molecule has 36 heavy (non-hydrogen) atoms. The molecule has 0 saturated carbocycles. The first-order valence-electron chi connectivity index (χ1n) is 11.0. The average molecular weight is 492 g/mol. The molecule has 1 aliphatic carbocycles. The average Bonchev–Trinajstić information content (AvgIpc) is 3.10. The molecule has 0 spiro atoms. The molecule has 2 aromatic carbocycles.